The molecule has 1 aliphatic rings. The van der Waals surface area contributed by atoms with Gasteiger partial charge in [-0.3, -0.25) is 4.99 Å². The van der Waals surface area contributed by atoms with Gasteiger partial charge in [-0.05, 0) is 37.5 Å². The third-order valence-electron chi connectivity index (χ3n) is 4.13. The van der Waals surface area contributed by atoms with Crippen molar-refractivity contribution < 1.29 is 22.6 Å². The number of aliphatic imine (C=N–C) groups is 1. The Morgan fingerprint density at radius 3 is 2.42 bits per heavy atom. The fourth-order valence-corrected chi connectivity index (χ4v) is 2.85. The molecule has 1 fully saturated rings. The number of likely N-dealkylation sites (tertiary alicyclic amines) is 1. The molecule has 0 aromatic heterocycles. The molecule has 5 nitrogen and oxygen atoms in total. The van der Waals surface area contributed by atoms with E-state index in [1.165, 1.54) is 0 Å². The molecule has 1 aromatic rings. The van der Waals surface area contributed by atoms with Gasteiger partial charge in [0.05, 0.1) is 6.10 Å². The minimum atomic E-state index is -4.33. The molecule has 0 aliphatic carbocycles. The summed E-state index contributed by atoms with van der Waals surface area (Å²) in [7, 11) is 1.74. The molecule has 0 atom stereocenters. The number of guanidine groups is 1. The molecule has 1 aromatic carbocycles. The van der Waals surface area contributed by atoms with Gasteiger partial charge in [0, 0.05) is 33.3 Å². The van der Waals surface area contributed by atoms with Crippen LogP contribution in [0.15, 0.2) is 29.3 Å². The molecule has 0 bridgehead atoms. The number of nitrogens with zero attached hydrogens (tertiary/aromatic N) is 2. The summed E-state index contributed by atoms with van der Waals surface area (Å²) in [5.74, 6) is 1.02. The lowest BCUT2D eigenvalue weighted by Gasteiger charge is -2.34. The van der Waals surface area contributed by atoms with Crippen molar-refractivity contribution in [3.8, 4) is 5.75 Å². The first kappa shape index (κ1) is 20.4. The van der Waals surface area contributed by atoms with Gasteiger partial charge in [0.2, 0.25) is 0 Å². The highest BCUT2D eigenvalue weighted by atomic mass is 19.4. The fraction of sp³-hybridized carbons (Fsp3) is 0.611. The summed E-state index contributed by atoms with van der Waals surface area (Å²) in [5, 5.41) is 3.29. The number of benzene rings is 1. The molecule has 0 radical (unpaired) electrons. The van der Waals surface area contributed by atoms with Crippen molar-refractivity contribution in [2.75, 3.05) is 33.4 Å². The van der Waals surface area contributed by atoms with Crippen LogP contribution in [0.25, 0.3) is 0 Å². The van der Waals surface area contributed by atoms with Crippen molar-refractivity contribution in [3.63, 3.8) is 0 Å². The molecule has 1 saturated heterocycles. The molecule has 0 amide bonds. The summed E-state index contributed by atoms with van der Waals surface area (Å²) in [6.45, 7) is 3.77. The number of alkyl halides is 3. The highest BCUT2D eigenvalue weighted by molar-refractivity contribution is 5.79. The van der Waals surface area contributed by atoms with Crippen LogP contribution in [0.2, 0.25) is 0 Å². The van der Waals surface area contributed by atoms with E-state index >= 15 is 0 Å². The molecule has 146 valence electrons. The van der Waals surface area contributed by atoms with E-state index in [0.717, 1.165) is 44.1 Å². The maximum atomic E-state index is 12.2. The molecule has 8 heteroatoms. The smallest absolute Gasteiger partial charge is 0.422 e. The van der Waals surface area contributed by atoms with Gasteiger partial charge in [-0.15, -0.1) is 0 Å². The van der Waals surface area contributed by atoms with Crippen LogP contribution in [0.3, 0.4) is 0 Å². The number of piperidine rings is 1. The summed E-state index contributed by atoms with van der Waals surface area (Å²) in [5.41, 5.74) is 0.940. The first-order valence-corrected chi connectivity index (χ1v) is 8.77. The Morgan fingerprint density at radius 1 is 1.23 bits per heavy atom. The molecule has 0 unspecified atom stereocenters. The van der Waals surface area contributed by atoms with E-state index in [1.54, 1.807) is 31.3 Å². The Hall–Kier alpha value is -1.96. The number of halogens is 3. The predicted molar refractivity (Wildman–Crippen MR) is 94.4 cm³/mol. The molecule has 1 heterocycles. The van der Waals surface area contributed by atoms with Crippen molar-refractivity contribution in [3.05, 3.63) is 29.8 Å². The average molecular weight is 373 g/mol. The number of nitrogens with one attached hydrogen (secondary N) is 1. The second-order valence-corrected chi connectivity index (χ2v) is 6.09. The summed E-state index contributed by atoms with van der Waals surface area (Å²) in [6, 6.07) is 6.57. The highest BCUT2D eigenvalue weighted by Gasteiger charge is 2.28. The zero-order chi connectivity index (χ0) is 19.0. The predicted octanol–water partition coefficient (Wildman–Crippen LogP) is 3.20. The van der Waals surface area contributed by atoms with E-state index in [1.807, 2.05) is 6.92 Å². The Morgan fingerprint density at radius 2 is 1.88 bits per heavy atom. The largest absolute Gasteiger partial charge is 0.484 e. The summed E-state index contributed by atoms with van der Waals surface area (Å²) in [4.78, 5) is 6.50. The Balaban J connectivity index is 1.79. The molecule has 0 spiro atoms. The van der Waals surface area contributed by atoms with Crippen molar-refractivity contribution in [1.82, 2.24) is 10.2 Å². The standard InChI is InChI=1S/C18H26F3N3O2/c1-3-25-16-8-10-24(11-9-16)17(22-2)23-12-14-4-6-15(7-5-14)26-13-18(19,20)21/h4-7,16H,3,8-13H2,1-2H3,(H,22,23). The lowest BCUT2D eigenvalue weighted by molar-refractivity contribution is -0.153. The van der Waals surface area contributed by atoms with Crippen LogP contribution in [0.4, 0.5) is 13.2 Å². The first-order chi connectivity index (χ1) is 12.4. The molecular weight excluding hydrogens is 347 g/mol. The van der Waals surface area contributed by atoms with Crippen molar-refractivity contribution >= 4 is 5.96 Å². The molecule has 26 heavy (non-hydrogen) atoms. The molecule has 2 rings (SSSR count). The number of hydrogen-bond donors (Lipinski definition) is 1. The maximum absolute atomic E-state index is 12.2. The molecule has 0 saturated carbocycles. The number of ether oxygens (including phenoxy) is 2. The van der Waals surface area contributed by atoms with E-state index in [2.05, 4.69) is 15.2 Å². The van der Waals surface area contributed by atoms with Gasteiger partial charge in [0.15, 0.2) is 12.6 Å². The lowest BCUT2D eigenvalue weighted by atomic mass is 10.1. The summed E-state index contributed by atoms with van der Waals surface area (Å²) >= 11 is 0. The normalized spacial score (nSPS) is 16.7. The minimum Gasteiger partial charge on any atom is -0.484 e. The Labute approximate surface area is 152 Å². The Kier molecular flexibility index (Phi) is 7.56. The van der Waals surface area contributed by atoms with Crippen LogP contribution in [-0.4, -0.2) is 56.5 Å². The van der Waals surface area contributed by atoms with Gasteiger partial charge in [0.25, 0.3) is 0 Å². The van der Waals surface area contributed by atoms with Crippen molar-refractivity contribution in [2.24, 2.45) is 4.99 Å². The summed E-state index contributed by atoms with van der Waals surface area (Å²) < 4.78 is 46.8. The highest BCUT2D eigenvalue weighted by Crippen LogP contribution is 2.19. The topological polar surface area (TPSA) is 46.1 Å². The van der Waals surface area contributed by atoms with Gasteiger partial charge in [0.1, 0.15) is 5.75 Å². The SMILES string of the molecule is CCOC1CCN(C(=NC)NCc2ccc(OCC(F)(F)F)cc2)CC1. The zero-order valence-corrected chi connectivity index (χ0v) is 15.2. The fourth-order valence-electron chi connectivity index (χ4n) is 2.85. The van der Waals surface area contributed by atoms with Crippen LogP contribution in [0.1, 0.15) is 25.3 Å². The summed E-state index contributed by atoms with van der Waals surface area (Å²) in [6.07, 6.45) is -2.07. The van der Waals surface area contributed by atoms with Gasteiger partial charge < -0.3 is 19.7 Å². The van der Waals surface area contributed by atoms with Crippen LogP contribution in [0.5, 0.6) is 5.75 Å². The minimum absolute atomic E-state index is 0.202. The second kappa shape index (κ2) is 9.66. The van der Waals surface area contributed by atoms with Gasteiger partial charge >= 0.3 is 6.18 Å². The Bertz CT molecular complexity index is 568. The van der Waals surface area contributed by atoms with E-state index < -0.39 is 12.8 Å². The van der Waals surface area contributed by atoms with Gasteiger partial charge in [-0.1, -0.05) is 12.1 Å². The number of hydrogen-bond acceptors (Lipinski definition) is 3. The van der Waals surface area contributed by atoms with E-state index in [4.69, 9.17) is 9.47 Å². The molecule has 1 aliphatic heterocycles. The second-order valence-electron chi connectivity index (χ2n) is 6.09. The van der Waals surface area contributed by atoms with Gasteiger partial charge in [-0.25, -0.2) is 0 Å². The third kappa shape index (κ3) is 6.74. The average Bonchev–Trinajstić information content (AvgIpc) is 2.62. The van der Waals surface area contributed by atoms with Crippen LogP contribution >= 0.6 is 0 Å². The molecule has 1 N–H and O–H groups in total. The van der Waals surface area contributed by atoms with Crippen LogP contribution < -0.4 is 10.1 Å². The van der Waals surface area contributed by atoms with E-state index in [-0.39, 0.29) is 5.75 Å². The maximum Gasteiger partial charge on any atom is 0.422 e. The zero-order valence-electron chi connectivity index (χ0n) is 15.2. The number of rotatable bonds is 6. The lowest BCUT2D eigenvalue weighted by Crippen LogP contribution is -2.46. The van der Waals surface area contributed by atoms with Crippen LogP contribution in [0, 0.1) is 0 Å². The van der Waals surface area contributed by atoms with Gasteiger partial charge in [-0.2, -0.15) is 13.2 Å². The van der Waals surface area contributed by atoms with Crippen LogP contribution in [-0.2, 0) is 11.3 Å². The first-order valence-electron chi connectivity index (χ1n) is 8.77. The van der Waals surface area contributed by atoms with E-state index in [0.29, 0.717) is 12.6 Å². The molecular formula is C18H26F3N3O2. The quantitative estimate of drug-likeness (QED) is 0.614. The van der Waals surface area contributed by atoms with E-state index in [9.17, 15) is 13.2 Å². The monoisotopic (exact) mass is 373 g/mol. The third-order valence-corrected chi connectivity index (χ3v) is 4.13. The van der Waals surface area contributed by atoms with Crippen molar-refractivity contribution in [2.45, 2.75) is 38.6 Å². The van der Waals surface area contributed by atoms with Crippen molar-refractivity contribution in [1.29, 1.82) is 0 Å².